The molecule has 0 aliphatic heterocycles. The Morgan fingerprint density at radius 3 is 2.71 bits per heavy atom. The quantitative estimate of drug-likeness (QED) is 0.915. The van der Waals surface area contributed by atoms with Crippen molar-refractivity contribution in [3.63, 3.8) is 0 Å². The van der Waals surface area contributed by atoms with Gasteiger partial charge in [-0.1, -0.05) is 19.9 Å². The first-order chi connectivity index (χ1) is 9.87. The number of nitrogens with zero attached hydrogens (tertiary/aromatic N) is 2. The highest BCUT2D eigenvalue weighted by Gasteiger charge is 2.32. The van der Waals surface area contributed by atoms with Crippen LogP contribution in [-0.4, -0.2) is 18.7 Å². The van der Waals surface area contributed by atoms with Crippen LogP contribution in [0.2, 0.25) is 0 Å². The van der Waals surface area contributed by atoms with Crippen molar-refractivity contribution >= 4 is 5.69 Å². The first-order valence-electron chi connectivity index (χ1n) is 7.61. The lowest BCUT2D eigenvalue weighted by atomic mass is 9.74. The van der Waals surface area contributed by atoms with Crippen molar-refractivity contribution in [1.29, 1.82) is 0 Å². The van der Waals surface area contributed by atoms with Crippen LogP contribution < -0.4 is 10.6 Å². The van der Waals surface area contributed by atoms with Crippen LogP contribution in [0.1, 0.15) is 37.6 Å². The Hall–Kier alpha value is -1.74. The molecule has 1 aromatic carbocycles. The van der Waals surface area contributed by atoms with Gasteiger partial charge in [-0.3, -0.25) is 0 Å². The second-order valence-electron chi connectivity index (χ2n) is 7.15. The summed E-state index contributed by atoms with van der Waals surface area (Å²) in [7, 11) is 4.15. The lowest BCUT2D eigenvalue weighted by Crippen LogP contribution is -2.30. The van der Waals surface area contributed by atoms with Crippen molar-refractivity contribution in [1.82, 2.24) is 4.57 Å². The molecule has 0 fully saturated rings. The lowest BCUT2D eigenvalue weighted by molar-refractivity contribution is 0.278. The van der Waals surface area contributed by atoms with E-state index in [0.717, 1.165) is 12.8 Å². The number of aromatic nitrogens is 1. The second-order valence-corrected chi connectivity index (χ2v) is 7.15. The third-order valence-corrected chi connectivity index (χ3v) is 4.47. The van der Waals surface area contributed by atoms with Crippen LogP contribution in [0.4, 0.5) is 5.69 Å². The van der Waals surface area contributed by atoms with Crippen LogP contribution in [0.25, 0.3) is 5.69 Å². The minimum Gasteiger partial charge on any atom is -0.378 e. The molecule has 0 saturated heterocycles. The van der Waals surface area contributed by atoms with E-state index in [1.165, 1.54) is 22.6 Å². The molecule has 1 aromatic heterocycles. The minimum atomic E-state index is 0.155. The molecule has 3 rings (SSSR count). The van der Waals surface area contributed by atoms with E-state index < -0.39 is 0 Å². The highest BCUT2D eigenvalue weighted by atomic mass is 15.1. The molecule has 3 nitrogen and oxygen atoms in total. The number of hydrogen-bond donors (Lipinski definition) is 1. The summed E-state index contributed by atoms with van der Waals surface area (Å²) in [5.41, 5.74) is 11.7. The molecule has 2 N–H and O–H groups in total. The van der Waals surface area contributed by atoms with Crippen LogP contribution in [0, 0.1) is 5.41 Å². The molecular weight excluding hydrogens is 258 g/mol. The third kappa shape index (κ3) is 2.58. The van der Waals surface area contributed by atoms with Gasteiger partial charge in [0.15, 0.2) is 0 Å². The first kappa shape index (κ1) is 14.2. The van der Waals surface area contributed by atoms with Crippen LogP contribution in [0.5, 0.6) is 0 Å². The monoisotopic (exact) mass is 283 g/mol. The van der Waals surface area contributed by atoms with Gasteiger partial charge in [0.2, 0.25) is 0 Å². The number of benzene rings is 1. The molecule has 1 atom stereocenters. The van der Waals surface area contributed by atoms with Gasteiger partial charge in [0.05, 0.1) is 0 Å². The molecule has 0 spiro atoms. The number of hydrogen-bond acceptors (Lipinski definition) is 2. The Morgan fingerprint density at radius 1 is 1.24 bits per heavy atom. The average molecular weight is 283 g/mol. The number of fused-ring (bicyclic) bond motifs is 1. The maximum Gasteiger partial charge on any atom is 0.0473 e. The van der Waals surface area contributed by atoms with Crippen LogP contribution in [0.3, 0.4) is 0 Å². The smallest absolute Gasteiger partial charge is 0.0473 e. The highest BCUT2D eigenvalue weighted by molar-refractivity contribution is 5.53. The maximum absolute atomic E-state index is 6.37. The predicted octanol–water partition coefficient (Wildman–Crippen LogP) is 3.52. The van der Waals surface area contributed by atoms with E-state index in [0.29, 0.717) is 0 Å². The van der Waals surface area contributed by atoms with E-state index in [2.05, 4.69) is 73.9 Å². The fourth-order valence-corrected chi connectivity index (χ4v) is 3.40. The summed E-state index contributed by atoms with van der Waals surface area (Å²) in [6, 6.07) is 11.0. The number of nitrogens with two attached hydrogens (primary N) is 1. The first-order valence-corrected chi connectivity index (χ1v) is 7.61. The Balaban J connectivity index is 2.07. The summed E-state index contributed by atoms with van der Waals surface area (Å²) in [6.45, 7) is 4.62. The minimum absolute atomic E-state index is 0.155. The van der Waals surface area contributed by atoms with E-state index in [-0.39, 0.29) is 11.5 Å². The highest BCUT2D eigenvalue weighted by Crippen LogP contribution is 2.40. The zero-order chi connectivity index (χ0) is 15.2. The molecule has 2 aromatic rings. The van der Waals surface area contributed by atoms with Crippen LogP contribution in [0.15, 0.2) is 36.5 Å². The van der Waals surface area contributed by atoms with Gasteiger partial charge >= 0.3 is 0 Å². The van der Waals surface area contributed by atoms with Gasteiger partial charge in [0.1, 0.15) is 0 Å². The number of anilines is 1. The van der Waals surface area contributed by atoms with Gasteiger partial charge in [-0.25, -0.2) is 0 Å². The largest absolute Gasteiger partial charge is 0.378 e. The van der Waals surface area contributed by atoms with Gasteiger partial charge in [0.25, 0.3) is 0 Å². The van der Waals surface area contributed by atoms with E-state index in [1.54, 1.807) is 0 Å². The molecule has 1 heterocycles. The topological polar surface area (TPSA) is 34.2 Å². The van der Waals surface area contributed by atoms with Crippen molar-refractivity contribution in [3.05, 3.63) is 47.8 Å². The van der Waals surface area contributed by atoms with Crippen LogP contribution in [-0.2, 0) is 6.42 Å². The molecule has 1 aliphatic rings. The Morgan fingerprint density at radius 2 is 2.00 bits per heavy atom. The Labute approximate surface area is 127 Å². The van der Waals surface area contributed by atoms with E-state index in [4.69, 9.17) is 5.73 Å². The van der Waals surface area contributed by atoms with Gasteiger partial charge in [-0.15, -0.1) is 0 Å². The Kier molecular flexibility index (Phi) is 3.33. The van der Waals surface area contributed by atoms with E-state index >= 15 is 0 Å². The van der Waals surface area contributed by atoms with Crippen molar-refractivity contribution in [3.8, 4) is 5.69 Å². The lowest BCUT2D eigenvalue weighted by Gasteiger charge is -2.34. The fraction of sp³-hybridized carbons (Fsp3) is 0.444. The van der Waals surface area contributed by atoms with Crippen molar-refractivity contribution in [2.75, 3.05) is 19.0 Å². The molecule has 112 valence electrons. The van der Waals surface area contributed by atoms with E-state index in [1.807, 2.05) is 0 Å². The molecule has 0 radical (unpaired) electrons. The third-order valence-electron chi connectivity index (χ3n) is 4.47. The SMILES string of the molecule is CN(C)c1cccc(-n2ccc3c2CC(C)(C)CC3N)c1. The zero-order valence-corrected chi connectivity index (χ0v) is 13.4. The molecule has 1 unspecified atom stereocenters. The standard InChI is InChI=1S/C18H25N3/c1-18(2)11-16(19)15-8-9-21(17(15)12-18)14-7-5-6-13(10-14)20(3)4/h5-10,16H,11-12,19H2,1-4H3. The number of rotatable bonds is 2. The summed E-state index contributed by atoms with van der Waals surface area (Å²) in [5.74, 6) is 0. The van der Waals surface area contributed by atoms with Crippen molar-refractivity contribution in [2.45, 2.75) is 32.7 Å². The fourth-order valence-electron chi connectivity index (χ4n) is 3.40. The molecule has 21 heavy (non-hydrogen) atoms. The van der Waals surface area contributed by atoms with Crippen molar-refractivity contribution < 1.29 is 0 Å². The molecule has 0 amide bonds. The molecule has 0 saturated carbocycles. The molecule has 3 heteroatoms. The van der Waals surface area contributed by atoms with Gasteiger partial charge in [0, 0.05) is 43.4 Å². The van der Waals surface area contributed by atoms with Gasteiger partial charge < -0.3 is 15.2 Å². The molecular formula is C18H25N3. The van der Waals surface area contributed by atoms with Crippen molar-refractivity contribution in [2.24, 2.45) is 11.1 Å². The van der Waals surface area contributed by atoms with Gasteiger partial charge in [-0.2, -0.15) is 0 Å². The summed E-state index contributed by atoms with van der Waals surface area (Å²) < 4.78 is 2.31. The summed E-state index contributed by atoms with van der Waals surface area (Å²) >= 11 is 0. The second kappa shape index (κ2) is 4.92. The predicted molar refractivity (Wildman–Crippen MR) is 89.1 cm³/mol. The Bertz CT molecular complexity index is 652. The maximum atomic E-state index is 6.37. The summed E-state index contributed by atoms with van der Waals surface area (Å²) in [4.78, 5) is 2.13. The van der Waals surface area contributed by atoms with E-state index in [9.17, 15) is 0 Å². The molecule has 0 bridgehead atoms. The van der Waals surface area contributed by atoms with Gasteiger partial charge in [-0.05, 0) is 48.1 Å². The normalized spacial score (nSPS) is 20.1. The zero-order valence-electron chi connectivity index (χ0n) is 13.4. The van der Waals surface area contributed by atoms with Crippen LogP contribution >= 0.6 is 0 Å². The molecule has 1 aliphatic carbocycles. The average Bonchev–Trinajstić information content (AvgIpc) is 2.81. The summed E-state index contributed by atoms with van der Waals surface area (Å²) in [5, 5.41) is 0. The summed E-state index contributed by atoms with van der Waals surface area (Å²) in [6.07, 6.45) is 4.30.